The number of rotatable bonds is 4. The van der Waals surface area contributed by atoms with Gasteiger partial charge in [0.2, 0.25) is 11.8 Å². The summed E-state index contributed by atoms with van der Waals surface area (Å²) in [6, 6.07) is 2.17. The van der Waals surface area contributed by atoms with Gasteiger partial charge in [0.15, 0.2) is 5.65 Å². The lowest BCUT2D eigenvalue weighted by Gasteiger charge is -2.35. The van der Waals surface area contributed by atoms with Gasteiger partial charge in [0.05, 0.1) is 17.8 Å². The van der Waals surface area contributed by atoms with E-state index in [1.165, 1.54) is 10.7 Å². The monoisotopic (exact) mass is 514 g/mol. The van der Waals surface area contributed by atoms with Crippen LogP contribution in [0.1, 0.15) is 24.1 Å². The summed E-state index contributed by atoms with van der Waals surface area (Å²) < 4.78 is 40.9. The number of aromatic nitrogens is 7. The number of alkyl halides is 3. The SMILES string of the molecule is O=c1[nH]c(O)c(/C=c2\cnn3c(=NC4CC4)nc(N4CCN(c5cc(C(F)(F)F)ccn5)CC4)nc23)[nH]1. The van der Waals surface area contributed by atoms with Crippen LogP contribution in [0, 0.1) is 0 Å². The highest BCUT2D eigenvalue weighted by molar-refractivity contribution is 5.57. The van der Waals surface area contributed by atoms with Gasteiger partial charge in [0.25, 0.3) is 5.62 Å². The fourth-order valence-electron chi connectivity index (χ4n) is 4.11. The van der Waals surface area contributed by atoms with Gasteiger partial charge in [-0.15, -0.1) is 0 Å². The summed E-state index contributed by atoms with van der Waals surface area (Å²) in [7, 11) is 0. The number of aromatic hydroxyl groups is 1. The molecule has 1 saturated carbocycles. The maximum atomic E-state index is 13.1. The van der Waals surface area contributed by atoms with Crippen molar-refractivity contribution in [1.29, 1.82) is 0 Å². The van der Waals surface area contributed by atoms with Crippen LogP contribution in [0.5, 0.6) is 5.88 Å². The minimum atomic E-state index is -4.44. The average molecular weight is 514 g/mol. The number of nitrogens with one attached hydrogen (secondary N) is 2. The van der Waals surface area contributed by atoms with E-state index in [9.17, 15) is 23.1 Å². The summed E-state index contributed by atoms with van der Waals surface area (Å²) in [6.07, 6.45) is 1.74. The predicted octanol–water partition coefficient (Wildman–Crippen LogP) is 0.197. The number of halogens is 3. The second kappa shape index (κ2) is 8.60. The van der Waals surface area contributed by atoms with Crippen LogP contribution in [-0.2, 0) is 6.18 Å². The van der Waals surface area contributed by atoms with Gasteiger partial charge in [-0.2, -0.15) is 32.8 Å². The van der Waals surface area contributed by atoms with Gasteiger partial charge in [-0.05, 0) is 31.1 Å². The Morgan fingerprint density at radius 3 is 2.54 bits per heavy atom. The van der Waals surface area contributed by atoms with Crippen molar-refractivity contribution in [2.45, 2.75) is 25.1 Å². The van der Waals surface area contributed by atoms with Gasteiger partial charge < -0.3 is 19.9 Å². The molecule has 192 valence electrons. The van der Waals surface area contributed by atoms with E-state index in [-0.39, 0.29) is 23.4 Å². The van der Waals surface area contributed by atoms with Gasteiger partial charge in [-0.3, -0.25) is 4.98 Å². The van der Waals surface area contributed by atoms with E-state index in [1.807, 2.05) is 4.90 Å². The van der Waals surface area contributed by atoms with Crippen molar-refractivity contribution in [3.05, 3.63) is 57.1 Å². The van der Waals surface area contributed by atoms with Crippen LogP contribution in [0.2, 0.25) is 0 Å². The van der Waals surface area contributed by atoms with Gasteiger partial charge >= 0.3 is 11.9 Å². The fraction of sp³-hybridized carbons (Fsp3) is 0.364. The molecule has 0 aromatic carbocycles. The zero-order valence-corrected chi connectivity index (χ0v) is 19.3. The number of imidazole rings is 1. The fourth-order valence-corrected chi connectivity index (χ4v) is 4.11. The highest BCUT2D eigenvalue weighted by atomic mass is 19.4. The molecular formula is C22H21F3N10O2. The summed E-state index contributed by atoms with van der Waals surface area (Å²) >= 11 is 0. The number of piperazine rings is 1. The number of aromatic amines is 2. The van der Waals surface area contributed by atoms with Crippen molar-refractivity contribution in [2.75, 3.05) is 36.0 Å². The number of fused-ring (bicyclic) bond motifs is 1. The summed E-state index contributed by atoms with van der Waals surface area (Å²) in [5.74, 6) is 0.370. The molecule has 12 nitrogen and oxygen atoms in total. The molecule has 5 heterocycles. The third-order valence-electron chi connectivity index (χ3n) is 6.21. The normalized spacial score (nSPS) is 17.8. The zero-order chi connectivity index (χ0) is 25.7. The molecule has 0 spiro atoms. The first-order valence-electron chi connectivity index (χ1n) is 11.6. The van der Waals surface area contributed by atoms with Crippen LogP contribution in [0.15, 0.2) is 34.3 Å². The van der Waals surface area contributed by atoms with Crippen LogP contribution in [0.3, 0.4) is 0 Å². The molecule has 6 rings (SSSR count). The lowest BCUT2D eigenvalue weighted by molar-refractivity contribution is -0.137. The topological polar surface area (TPSA) is 144 Å². The van der Waals surface area contributed by atoms with Gasteiger partial charge in [0.1, 0.15) is 11.5 Å². The minimum Gasteiger partial charge on any atom is -0.493 e. The molecule has 2 aliphatic rings. The molecule has 2 fully saturated rings. The molecule has 4 aromatic heterocycles. The van der Waals surface area contributed by atoms with Gasteiger partial charge in [-0.25, -0.2) is 14.8 Å². The van der Waals surface area contributed by atoms with Crippen molar-refractivity contribution in [3.63, 3.8) is 0 Å². The second-order valence-electron chi connectivity index (χ2n) is 8.88. The van der Waals surface area contributed by atoms with Crippen molar-refractivity contribution < 1.29 is 18.3 Å². The minimum absolute atomic E-state index is 0.163. The van der Waals surface area contributed by atoms with E-state index in [2.05, 4.69) is 35.0 Å². The molecular weight excluding hydrogens is 493 g/mol. The van der Waals surface area contributed by atoms with E-state index in [4.69, 9.17) is 0 Å². The van der Waals surface area contributed by atoms with E-state index in [0.29, 0.717) is 48.6 Å². The Labute approximate surface area is 205 Å². The maximum Gasteiger partial charge on any atom is 0.416 e. The molecule has 15 heteroatoms. The first-order valence-corrected chi connectivity index (χ1v) is 11.6. The maximum absolute atomic E-state index is 13.1. The van der Waals surface area contributed by atoms with E-state index in [1.54, 1.807) is 17.2 Å². The Kier molecular flexibility index (Phi) is 5.35. The standard InChI is InChI=1S/C22H21F3N10O2/c23-22(24,25)13-3-4-26-16(10-13)33-5-7-34(8-6-33)19-30-17-12(9-15-18(36)31-21(37)29-15)11-27-35(17)20(32-19)28-14-1-2-14/h3-4,9-11,14,36H,1-2,5-8H2,(H2,29,31,37)/b12-9+,28-20?. The first kappa shape index (κ1) is 23.0. The van der Waals surface area contributed by atoms with Gasteiger partial charge in [-0.1, -0.05) is 0 Å². The molecule has 0 unspecified atom stereocenters. The van der Waals surface area contributed by atoms with Crippen LogP contribution in [0.4, 0.5) is 24.9 Å². The Morgan fingerprint density at radius 1 is 1.11 bits per heavy atom. The molecule has 1 aliphatic heterocycles. The Morgan fingerprint density at radius 2 is 1.86 bits per heavy atom. The third-order valence-corrected chi connectivity index (χ3v) is 6.21. The predicted molar refractivity (Wildman–Crippen MR) is 125 cm³/mol. The summed E-state index contributed by atoms with van der Waals surface area (Å²) in [6.45, 7) is 1.76. The number of H-pyrrole nitrogens is 2. The quantitative estimate of drug-likeness (QED) is 0.350. The second-order valence-corrected chi connectivity index (χ2v) is 8.88. The van der Waals surface area contributed by atoms with Crippen LogP contribution >= 0.6 is 0 Å². The lowest BCUT2D eigenvalue weighted by Crippen LogP contribution is -2.48. The van der Waals surface area contributed by atoms with Crippen molar-refractivity contribution in [1.82, 2.24) is 34.5 Å². The molecule has 1 saturated heterocycles. The van der Waals surface area contributed by atoms with Crippen LogP contribution in [-0.4, -0.2) is 71.9 Å². The molecule has 3 N–H and O–H groups in total. The van der Waals surface area contributed by atoms with Crippen molar-refractivity contribution >= 4 is 23.5 Å². The van der Waals surface area contributed by atoms with Crippen LogP contribution in [0.25, 0.3) is 11.7 Å². The highest BCUT2D eigenvalue weighted by Crippen LogP contribution is 2.31. The number of hydrogen-bond acceptors (Lipinski definition) is 9. The lowest BCUT2D eigenvalue weighted by atomic mass is 10.2. The zero-order valence-electron chi connectivity index (χ0n) is 19.3. The molecule has 0 radical (unpaired) electrons. The summed E-state index contributed by atoms with van der Waals surface area (Å²) in [5.41, 5.74) is -0.279. The molecule has 0 amide bonds. The number of anilines is 2. The van der Waals surface area contributed by atoms with E-state index >= 15 is 0 Å². The Balaban J connectivity index is 1.33. The largest absolute Gasteiger partial charge is 0.493 e. The van der Waals surface area contributed by atoms with Crippen LogP contribution < -0.4 is 26.3 Å². The molecule has 1 aliphatic carbocycles. The van der Waals surface area contributed by atoms with Gasteiger partial charge in [0, 0.05) is 37.6 Å². The van der Waals surface area contributed by atoms with E-state index in [0.717, 1.165) is 25.0 Å². The first-order chi connectivity index (χ1) is 17.7. The summed E-state index contributed by atoms with van der Waals surface area (Å²) in [5, 5.41) is 14.8. The Hall–Kier alpha value is -4.43. The number of pyridine rings is 1. The van der Waals surface area contributed by atoms with E-state index < -0.39 is 17.4 Å². The number of hydrogen-bond donors (Lipinski definition) is 3. The number of nitrogens with zero attached hydrogens (tertiary/aromatic N) is 8. The third kappa shape index (κ3) is 4.59. The molecule has 0 atom stereocenters. The molecule has 4 aromatic rings. The van der Waals surface area contributed by atoms with Crippen molar-refractivity contribution in [2.24, 2.45) is 4.99 Å². The average Bonchev–Trinajstić information content (AvgIpc) is 3.51. The smallest absolute Gasteiger partial charge is 0.416 e. The molecule has 0 bridgehead atoms. The highest BCUT2D eigenvalue weighted by Gasteiger charge is 2.32. The van der Waals surface area contributed by atoms with Crippen molar-refractivity contribution in [3.8, 4) is 5.88 Å². The Bertz CT molecular complexity index is 1650. The molecule has 37 heavy (non-hydrogen) atoms. The summed E-state index contributed by atoms with van der Waals surface area (Å²) in [4.78, 5) is 38.1.